The van der Waals surface area contributed by atoms with Gasteiger partial charge in [0.2, 0.25) is 0 Å². The average molecular weight is 247 g/mol. The first-order chi connectivity index (χ1) is 7.61. The van der Waals surface area contributed by atoms with E-state index in [1.165, 1.54) is 6.42 Å². The molecule has 0 aromatic rings. The normalized spacial score (nSPS) is 27.6. The molecule has 1 N–H and O–H groups in total. The van der Waals surface area contributed by atoms with Gasteiger partial charge in [-0.3, -0.25) is 0 Å². The topological polar surface area (TPSA) is 32.7 Å². The van der Waals surface area contributed by atoms with Crippen LogP contribution in [0.4, 0.5) is 0 Å². The van der Waals surface area contributed by atoms with Crippen molar-refractivity contribution in [1.29, 1.82) is 0 Å². The van der Waals surface area contributed by atoms with E-state index < -0.39 is 0 Å². The van der Waals surface area contributed by atoms with Crippen LogP contribution in [0.2, 0.25) is 0 Å². The van der Waals surface area contributed by atoms with Gasteiger partial charge in [0.05, 0.1) is 12.2 Å². The van der Waals surface area contributed by atoms with Crippen LogP contribution in [0.25, 0.3) is 0 Å². The summed E-state index contributed by atoms with van der Waals surface area (Å²) in [6, 6.07) is 0. The Hall–Kier alpha value is 0.230. The summed E-state index contributed by atoms with van der Waals surface area (Å²) in [5, 5.41) is 9.97. The number of aliphatic hydroxyl groups excluding tert-OH is 1. The average Bonchev–Trinajstić information content (AvgIpc) is 2.63. The van der Waals surface area contributed by atoms with Crippen LogP contribution in [-0.4, -0.2) is 61.0 Å². The molecule has 1 saturated heterocycles. The van der Waals surface area contributed by atoms with Crippen molar-refractivity contribution in [2.24, 2.45) is 5.92 Å². The first-order valence-corrected chi connectivity index (χ1v) is 7.29. The maximum Gasteiger partial charge on any atom is 0.0894 e. The number of hydrogen-bond acceptors (Lipinski definition) is 4. The summed E-state index contributed by atoms with van der Waals surface area (Å²) in [6.07, 6.45) is 2.06. The number of thioether (sulfide) groups is 1. The van der Waals surface area contributed by atoms with E-state index in [0.717, 1.165) is 31.1 Å². The second-order valence-electron chi connectivity index (χ2n) is 4.90. The highest BCUT2D eigenvalue weighted by Crippen LogP contribution is 2.24. The van der Waals surface area contributed by atoms with E-state index >= 15 is 0 Å². The van der Waals surface area contributed by atoms with E-state index in [0.29, 0.717) is 5.92 Å². The third-order valence-corrected chi connectivity index (χ3v) is 4.16. The molecule has 0 spiro atoms. The number of hydrogen-bond donors (Lipinski definition) is 1. The summed E-state index contributed by atoms with van der Waals surface area (Å²) in [4.78, 5) is 2.19. The molecule has 16 heavy (non-hydrogen) atoms. The highest BCUT2D eigenvalue weighted by molar-refractivity contribution is 7.99. The van der Waals surface area contributed by atoms with Crippen molar-refractivity contribution in [2.45, 2.75) is 32.0 Å². The summed E-state index contributed by atoms with van der Waals surface area (Å²) in [5.74, 6) is 2.44. The van der Waals surface area contributed by atoms with Gasteiger partial charge >= 0.3 is 0 Å². The van der Waals surface area contributed by atoms with Crippen molar-refractivity contribution in [2.75, 3.05) is 38.8 Å². The molecule has 1 aliphatic heterocycles. The Morgan fingerprint density at radius 2 is 2.25 bits per heavy atom. The predicted molar refractivity (Wildman–Crippen MR) is 70.0 cm³/mol. The molecule has 3 unspecified atom stereocenters. The Labute approximate surface area is 104 Å². The van der Waals surface area contributed by atoms with E-state index in [9.17, 15) is 5.11 Å². The fourth-order valence-corrected chi connectivity index (χ4v) is 2.92. The molecule has 1 fully saturated rings. The molecule has 3 nitrogen and oxygen atoms in total. The maximum atomic E-state index is 9.97. The monoisotopic (exact) mass is 247 g/mol. The molecule has 0 saturated carbocycles. The highest BCUT2D eigenvalue weighted by atomic mass is 32.2. The molecule has 3 atom stereocenters. The Bertz CT molecular complexity index is 190. The Morgan fingerprint density at radius 3 is 2.81 bits per heavy atom. The van der Waals surface area contributed by atoms with E-state index in [4.69, 9.17) is 4.74 Å². The first kappa shape index (κ1) is 14.3. The van der Waals surface area contributed by atoms with Gasteiger partial charge in [-0.05, 0) is 45.2 Å². The number of rotatable bonds is 7. The zero-order chi connectivity index (χ0) is 12.0. The van der Waals surface area contributed by atoms with Gasteiger partial charge in [0.1, 0.15) is 0 Å². The van der Waals surface area contributed by atoms with Gasteiger partial charge in [0.15, 0.2) is 0 Å². The number of nitrogens with zero attached hydrogens (tertiary/aromatic N) is 1. The summed E-state index contributed by atoms with van der Waals surface area (Å²) in [7, 11) is 4.18. The predicted octanol–water partition coefficient (Wildman–Crippen LogP) is 1.46. The standard InChI is InChI=1S/C12H25NO2S/c1-10-5-7-15-12(10)11(14)9-16-8-4-6-13(2)3/h10-12,14H,4-9H2,1-3H3. The molecule has 0 radical (unpaired) electrons. The lowest BCUT2D eigenvalue weighted by Gasteiger charge is -2.21. The molecule has 0 bridgehead atoms. The number of aliphatic hydroxyl groups is 1. The minimum absolute atomic E-state index is 0.0707. The van der Waals surface area contributed by atoms with Crippen molar-refractivity contribution in [3.05, 3.63) is 0 Å². The van der Waals surface area contributed by atoms with Gasteiger partial charge in [-0.25, -0.2) is 0 Å². The zero-order valence-corrected chi connectivity index (χ0v) is 11.5. The fourth-order valence-electron chi connectivity index (χ4n) is 1.99. The third-order valence-electron chi connectivity index (χ3n) is 3.01. The van der Waals surface area contributed by atoms with Crippen LogP contribution < -0.4 is 0 Å². The molecule has 1 aliphatic rings. The van der Waals surface area contributed by atoms with E-state index in [1.807, 2.05) is 11.8 Å². The van der Waals surface area contributed by atoms with Crippen molar-refractivity contribution in [3.63, 3.8) is 0 Å². The molecular weight excluding hydrogens is 222 g/mol. The van der Waals surface area contributed by atoms with Crippen LogP contribution >= 0.6 is 11.8 Å². The Morgan fingerprint density at radius 1 is 1.50 bits per heavy atom. The minimum Gasteiger partial charge on any atom is -0.390 e. The van der Waals surface area contributed by atoms with Crippen LogP contribution in [0, 0.1) is 5.92 Å². The Kier molecular flexibility index (Phi) is 6.73. The number of ether oxygens (including phenoxy) is 1. The summed E-state index contributed by atoms with van der Waals surface area (Å²) in [6.45, 7) is 4.10. The van der Waals surface area contributed by atoms with Crippen molar-refractivity contribution in [3.8, 4) is 0 Å². The third kappa shape index (κ3) is 5.04. The fraction of sp³-hybridized carbons (Fsp3) is 1.00. The van der Waals surface area contributed by atoms with Crippen LogP contribution in [0.1, 0.15) is 19.8 Å². The molecule has 96 valence electrons. The summed E-state index contributed by atoms with van der Waals surface area (Å²) in [5.41, 5.74) is 0. The van der Waals surface area contributed by atoms with Gasteiger partial charge in [-0.15, -0.1) is 0 Å². The van der Waals surface area contributed by atoms with Crippen molar-refractivity contribution < 1.29 is 9.84 Å². The van der Waals surface area contributed by atoms with Crippen LogP contribution in [0.5, 0.6) is 0 Å². The van der Waals surface area contributed by atoms with Crippen LogP contribution in [-0.2, 0) is 4.74 Å². The molecular formula is C12H25NO2S. The van der Waals surface area contributed by atoms with Crippen molar-refractivity contribution in [1.82, 2.24) is 4.90 Å². The SMILES string of the molecule is CC1CCOC1C(O)CSCCCN(C)C. The smallest absolute Gasteiger partial charge is 0.0894 e. The molecule has 0 aliphatic carbocycles. The van der Waals surface area contributed by atoms with E-state index in [1.54, 1.807) is 0 Å². The van der Waals surface area contributed by atoms with E-state index in [2.05, 4.69) is 25.9 Å². The van der Waals surface area contributed by atoms with Crippen LogP contribution in [0.3, 0.4) is 0 Å². The molecule has 4 heteroatoms. The zero-order valence-electron chi connectivity index (χ0n) is 10.7. The first-order valence-electron chi connectivity index (χ1n) is 6.13. The molecule has 0 aromatic heterocycles. The maximum absolute atomic E-state index is 9.97. The minimum atomic E-state index is -0.290. The largest absolute Gasteiger partial charge is 0.390 e. The summed E-state index contributed by atoms with van der Waals surface area (Å²) < 4.78 is 5.55. The van der Waals surface area contributed by atoms with Crippen molar-refractivity contribution >= 4 is 11.8 Å². The van der Waals surface area contributed by atoms with Gasteiger partial charge in [-0.2, -0.15) is 11.8 Å². The summed E-state index contributed by atoms with van der Waals surface area (Å²) >= 11 is 1.84. The molecule has 0 aromatic carbocycles. The van der Waals surface area contributed by atoms with Crippen LogP contribution in [0.15, 0.2) is 0 Å². The lowest BCUT2D eigenvalue weighted by Crippen LogP contribution is -2.32. The van der Waals surface area contributed by atoms with Gasteiger partial charge in [0, 0.05) is 12.4 Å². The highest BCUT2D eigenvalue weighted by Gasteiger charge is 2.30. The molecule has 1 heterocycles. The lowest BCUT2D eigenvalue weighted by molar-refractivity contribution is -0.00434. The van der Waals surface area contributed by atoms with E-state index in [-0.39, 0.29) is 12.2 Å². The van der Waals surface area contributed by atoms with Gasteiger partial charge in [0.25, 0.3) is 0 Å². The van der Waals surface area contributed by atoms with Gasteiger partial charge < -0.3 is 14.7 Å². The lowest BCUT2D eigenvalue weighted by atomic mass is 10.0. The molecule has 1 rings (SSSR count). The quantitative estimate of drug-likeness (QED) is 0.690. The molecule has 0 amide bonds. The van der Waals surface area contributed by atoms with Gasteiger partial charge in [-0.1, -0.05) is 6.92 Å². The second-order valence-corrected chi connectivity index (χ2v) is 6.05. The second kappa shape index (κ2) is 7.54. The Balaban J connectivity index is 2.04.